The summed E-state index contributed by atoms with van der Waals surface area (Å²) in [6.45, 7) is 1.93. The molecule has 84 valence electrons. The summed E-state index contributed by atoms with van der Waals surface area (Å²) in [5.74, 6) is 0.821. The van der Waals surface area contributed by atoms with Crippen LogP contribution in [0.5, 0.6) is 0 Å². The number of anilines is 1. The molecule has 1 heterocycles. The maximum atomic E-state index is 9.01. The van der Waals surface area contributed by atoms with E-state index in [1.165, 1.54) is 0 Å². The molecule has 0 aliphatic heterocycles. The van der Waals surface area contributed by atoms with Gasteiger partial charge in [0.1, 0.15) is 5.82 Å². The largest absolute Gasteiger partial charge is 0.373 e. The SMILES string of the molecule is CNc1cccc(-c2ccc(C)c(C#N)c2)n1. The van der Waals surface area contributed by atoms with Gasteiger partial charge in [0, 0.05) is 12.6 Å². The number of benzene rings is 1. The van der Waals surface area contributed by atoms with Gasteiger partial charge in [-0.05, 0) is 30.7 Å². The van der Waals surface area contributed by atoms with Gasteiger partial charge in [0.05, 0.1) is 17.3 Å². The molecule has 0 bridgehead atoms. The van der Waals surface area contributed by atoms with Gasteiger partial charge >= 0.3 is 0 Å². The molecule has 0 spiro atoms. The monoisotopic (exact) mass is 223 g/mol. The summed E-state index contributed by atoms with van der Waals surface area (Å²) >= 11 is 0. The van der Waals surface area contributed by atoms with E-state index >= 15 is 0 Å². The number of hydrogen-bond acceptors (Lipinski definition) is 3. The molecule has 2 rings (SSSR count). The first-order valence-electron chi connectivity index (χ1n) is 5.40. The highest BCUT2D eigenvalue weighted by atomic mass is 15.0. The van der Waals surface area contributed by atoms with Crippen molar-refractivity contribution in [3.05, 3.63) is 47.5 Å². The third-order valence-corrected chi connectivity index (χ3v) is 2.66. The predicted molar refractivity (Wildman–Crippen MR) is 68.7 cm³/mol. The first-order valence-corrected chi connectivity index (χ1v) is 5.40. The molecule has 0 saturated carbocycles. The summed E-state index contributed by atoms with van der Waals surface area (Å²) < 4.78 is 0. The van der Waals surface area contributed by atoms with Gasteiger partial charge in [-0.25, -0.2) is 4.98 Å². The van der Waals surface area contributed by atoms with E-state index in [0.717, 1.165) is 22.6 Å². The Balaban J connectivity index is 2.49. The number of pyridine rings is 1. The van der Waals surface area contributed by atoms with Crippen molar-refractivity contribution in [2.75, 3.05) is 12.4 Å². The van der Waals surface area contributed by atoms with Gasteiger partial charge in [-0.3, -0.25) is 0 Å². The summed E-state index contributed by atoms with van der Waals surface area (Å²) in [5, 5.41) is 12.0. The molecule has 0 saturated heterocycles. The first kappa shape index (κ1) is 11.2. The van der Waals surface area contributed by atoms with E-state index in [4.69, 9.17) is 5.26 Å². The number of nitrogens with one attached hydrogen (secondary N) is 1. The summed E-state index contributed by atoms with van der Waals surface area (Å²) in [7, 11) is 1.84. The average molecular weight is 223 g/mol. The van der Waals surface area contributed by atoms with Gasteiger partial charge in [-0.15, -0.1) is 0 Å². The van der Waals surface area contributed by atoms with E-state index in [0.29, 0.717) is 5.56 Å². The Kier molecular flexibility index (Phi) is 3.06. The second-order valence-corrected chi connectivity index (χ2v) is 3.80. The zero-order valence-corrected chi connectivity index (χ0v) is 9.86. The number of rotatable bonds is 2. The molecule has 1 N–H and O–H groups in total. The van der Waals surface area contributed by atoms with Crippen LogP contribution in [0, 0.1) is 18.3 Å². The second-order valence-electron chi connectivity index (χ2n) is 3.80. The number of aryl methyl sites for hydroxylation is 1. The van der Waals surface area contributed by atoms with Crippen LogP contribution in [-0.4, -0.2) is 12.0 Å². The zero-order chi connectivity index (χ0) is 12.3. The van der Waals surface area contributed by atoms with Crippen molar-refractivity contribution in [1.29, 1.82) is 5.26 Å². The first-order chi connectivity index (χ1) is 8.24. The van der Waals surface area contributed by atoms with Crippen molar-refractivity contribution in [2.45, 2.75) is 6.92 Å². The lowest BCUT2D eigenvalue weighted by molar-refractivity contribution is 1.28. The number of nitriles is 1. The van der Waals surface area contributed by atoms with Crippen molar-refractivity contribution in [2.24, 2.45) is 0 Å². The fourth-order valence-corrected chi connectivity index (χ4v) is 1.64. The van der Waals surface area contributed by atoms with Crippen LogP contribution in [0.2, 0.25) is 0 Å². The molecule has 0 amide bonds. The third-order valence-electron chi connectivity index (χ3n) is 2.66. The normalized spacial score (nSPS) is 9.71. The standard InChI is InChI=1S/C14H13N3/c1-10-6-7-11(8-12(10)9-15)13-4-3-5-14(16-2)17-13/h3-8H,1-2H3,(H,16,17). The average Bonchev–Trinajstić information content (AvgIpc) is 2.39. The zero-order valence-electron chi connectivity index (χ0n) is 9.86. The van der Waals surface area contributed by atoms with Gasteiger partial charge in [0.15, 0.2) is 0 Å². The molecule has 0 unspecified atom stereocenters. The molecule has 0 fully saturated rings. The number of nitrogens with zero attached hydrogens (tertiary/aromatic N) is 2. The fraction of sp³-hybridized carbons (Fsp3) is 0.143. The van der Waals surface area contributed by atoms with Crippen LogP contribution >= 0.6 is 0 Å². The lowest BCUT2D eigenvalue weighted by Crippen LogP contribution is -1.93. The quantitative estimate of drug-likeness (QED) is 0.851. The van der Waals surface area contributed by atoms with E-state index in [2.05, 4.69) is 16.4 Å². The van der Waals surface area contributed by atoms with Crippen LogP contribution in [0.3, 0.4) is 0 Å². The smallest absolute Gasteiger partial charge is 0.126 e. The summed E-state index contributed by atoms with van der Waals surface area (Å²) in [6.07, 6.45) is 0. The molecular weight excluding hydrogens is 210 g/mol. The molecule has 3 nitrogen and oxygen atoms in total. The highest BCUT2D eigenvalue weighted by molar-refractivity contribution is 5.64. The molecule has 0 aliphatic rings. The van der Waals surface area contributed by atoms with E-state index in [-0.39, 0.29) is 0 Å². The van der Waals surface area contributed by atoms with Crippen LogP contribution in [-0.2, 0) is 0 Å². The third kappa shape index (κ3) is 2.26. The maximum absolute atomic E-state index is 9.01. The Hall–Kier alpha value is -2.34. The van der Waals surface area contributed by atoms with Gasteiger partial charge < -0.3 is 5.32 Å². The van der Waals surface area contributed by atoms with Gasteiger partial charge in [-0.1, -0.05) is 18.2 Å². The van der Waals surface area contributed by atoms with E-state index < -0.39 is 0 Å². The highest BCUT2D eigenvalue weighted by Crippen LogP contribution is 2.21. The van der Waals surface area contributed by atoms with Crippen LogP contribution in [0.4, 0.5) is 5.82 Å². The Bertz CT molecular complexity index is 582. The molecule has 0 aliphatic carbocycles. The van der Waals surface area contributed by atoms with E-state index in [1.807, 2.05) is 50.4 Å². The Morgan fingerprint density at radius 2 is 2.06 bits per heavy atom. The summed E-state index contributed by atoms with van der Waals surface area (Å²) in [5.41, 5.74) is 3.51. The Morgan fingerprint density at radius 1 is 1.24 bits per heavy atom. The Morgan fingerprint density at radius 3 is 2.76 bits per heavy atom. The maximum Gasteiger partial charge on any atom is 0.126 e. The molecule has 2 aromatic rings. The van der Waals surface area contributed by atoms with Crippen molar-refractivity contribution in [3.63, 3.8) is 0 Å². The van der Waals surface area contributed by atoms with Gasteiger partial charge in [0.25, 0.3) is 0 Å². The van der Waals surface area contributed by atoms with Crippen molar-refractivity contribution < 1.29 is 0 Å². The van der Waals surface area contributed by atoms with Crippen LogP contribution < -0.4 is 5.32 Å². The van der Waals surface area contributed by atoms with Gasteiger partial charge in [0.2, 0.25) is 0 Å². The molecule has 1 aromatic carbocycles. The van der Waals surface area contributed by atoms with Crippen molar-refractivity contribution in [3.8, 4) is 17.3 Å². The van der Waals surface area contributed by atoms with Crippen molar-refractivity contribution in [1.82, 2.24) is 4.98 Å². The predicted octanol–water partition coefficient (Wildman–Crippen LogP) is 2.97. The van der Waals surface area contributed by atoms with E-state index in [9.17, 15) is 0 Å². The lowest BCUT2D eigenvalue weighted by Gasteiger charge is -2.05. The van der Waals surface area contributed by atoms with Crippen LogP contribution in [0.25, 0.3) is 11.3 Å². The highest BCUT2D eigenvalue weighted by Gasteiger charge is 2.03. The topological polar surface area (TPSA) is 48.7 Å². The van der Waals surface area contributed by atoms with Crippen molar-refractivity contribution >= 4 is 5.82 Å². The Labute approximate surface area is 101 Å². The number of aromatic nitrogens is 1. The molecular formula is C14H13N3. The molecule has 0 radical (unpaired) electrons. The second kappa shape index (κ2) is 4.67. The molecule has 0 atom stereocenters. The minimum absolute atomic E-state index is 0.694. The number of hydrogen-bond donors (Lipinski definition) is 1. The van der Waals surface area contributed by atoms with E-state index in [1.54, 1.807) is 0 Å². The molecule has 17 heavy (non-hydrogen) atoms. The summed E-state index contributed by atoms with van der Waals surface area (Å²) in [6, 6.07) is 13.8. The summed E-state index contributed by atoms with van der Waals surface area (Å²) in [4.78, 5) is 4.45. The van der Waals surface area contributed by atoms with Crippen LogP contribution in [0.15, 0.2) is 36.4 Å². The minimum Gasteiger partial charge on any atom is -0.373 e. The van der Waals surface area contributed by atoms with Gasteiger partial charge in [-0.2, -0.15) is 5.26 Å². The molecule has 3 heteroatoms. The fourth-order valence-electron chi connectivity index (χ4n) is 1.64. The molecule has 1 aromatic heterocycles. The van der Waals surface area contributed by atoms with Crippen LogP contribution in [0.1, 0.15) is 11.1 Å². The minimum atomic E-state index is 0.694. The lowest BCUT2D eigenvalue weighted by atomic mass is 10.0.